The highest BCUT2D eigenvalue weighted by Gasteiger charge is 2.39. The van der Waals surface area contributed by atoms with Crippen LogP contribution in [-0.4, -0.2) is 34.6 Å². The zero-order valence-corrected chi connectivity index (χ0v) is 16.9. The van der Waals surface area contributed by atoms with E-state index in [1.165, 1.54) is 22.3 Å². The summed E-state index contributed by atoms with van der Waals surface area (Å²) in [6.45, 7) is 0.0718. The number of nitrogens with one attached hydrogen (secondary N) is 2. The lowest BCUT2D eigenvalue weighted by molar-refractivity contribution is -0.136. The fourth-order valence-corrected chi connectivity index (χ4v) is 4.92. The van der Waals surface area contributed by atoms with Gasteiger partial charge in [0.2, 0.25) is 11.8 Å². The van der Waals surface area contributed by atoms with Gasteiger partial charge in [-0.25, -0.2) is 4.39 Å². The minimum atomic E-state index is -0.811. The van der Waals surface area contributed by atoms with E-state index in [2.05, 4.69) is 10.6 Å². The first-order valence-corrected chi connectivity index (χ1v) is 10.5. The predicted molar refractivity (Wildman–Crippen MR) is 112 cm³/mol. The molecule has 2 aliphatic rings. The van der Waals surface area contributed by atoms with E-state index in [0.29, 0.717) is 11.3 Å². The molecule has 0 bridgehead atoms. The maximum absolute atomic E-state index is 14.8. The van der Waals surface area contributed by atoms with Crippen LogP contribution >= 0.6 is 11.3 Å². The van der Waals surface area contributed by atoms with Crippen LogP contribution < -0.4 is 10.6 Å². The van der Waals surface area contributed by atoms with E-state index in [1.54, 1.807) is 5.38 Å². The Morgan fingerprint density at radius 2 is 2.00 bits per heavy atom. The Morgan fingerprint density at radius 3 is 2.81 bits per heavy atom. The number of hydrogen-bond acceptors (Lipinski definition) is 5. The Labute approximate surface area is 179 Å². The maximum Gasteiger partial charge on any atom is 0.258 e. The van der Waals surface area contributed by atoms with Gasteiger partial charge in [-0.2, -0.15) is 0 Å². The minimum absolute atomic E-state index is 0.0718. The third-order valence-electron chi connectivity index (χ3n) is 5.58. The van der Waals surface area contributed by atoms with Crippen molar-refractivity contribution in [3.63, 3.8) is 0 Å². The van der Waals surface area contributed by atoms with E-state index in [-0.39, 0.29) is 36.4 Å². The minimum Gasteiger partial charge on any atom is -0.322 e. The molecule has 0 saturated carbocycles. The molecule has 9 heteroatoms. The van der Waals surface area contributed by atoms with Crippen molar-refractivity contribution >= 4 is 50.7 Å². The molecule has 3 aromatic rings. The van der Waals surface area contributed by atoms with Crippen LogP contribution in [0.4, 0.5) is 10.1 Å². The lowest BCUT2D eigenvalue weighted by Gasteiger charge is -2.29. The Morgan fingerprint density at radius 1 is 1.19 bits per heavy atom. The summed E-state index contributed by atoms with van der Waals surface area (Å²) in [5.74, 6) is -2.83. The number of nitrogens with zero attached hydrogens (tertiary/aromatic N) is 1. The monoisotopic (exact) mass is 437 g/mol. The van der Waals surface area contributed by atoms with Crippen molar-refractivity contribution in [2.75, 3.05) is 5.32 Å². The van der Waals surface area contributed by atoms with Crippen LogP contribution in [0.1, 0.15) is 39.1 Å². The van der Waals surface area contributed by atoms with E-state index in [4.69, 9.17) is 0 Å². The fourth-order valence-electron chi connectivity index (χ4n) is 4.03. The highest BCUT2D eigenvalue weighted by atomic mass is 32.1. The van der Waals surface area contributed by atoms with Crippen LogP contribution in [0.5, 0.6) is 0 Å². The van der Waals surface area contributed by atoms with Crippen LogP contribution in [0.2, 0.25) is 0 Å². The first kappa shape index (κ1) is 19.4. The second-order valence-corrected chi connectivity index (χ2v) is 8.40. The van der Waals surface area contributed by atoms with Gasteiger partial charge >= 0.3 is 0 Å². The van der Waals surface area contributed by atoms with Gasteiger partial charge in [-0.1, -0.05) is 18.2 Å². The van der Waals surface area contributed by atoms with Crippen molar-refractivity contribution in [1.82, 2.24) is 10.2 Å². The molecule has 2 N–H and O–H groups in total. The fraction of sp³-hybridized carbons (Fsp3) is 0.182. The zero-order valence-electron chi connectivity index (χ0n) is 16.1. The summed E-state index contributed by atoms with van der Waals surface area (Å²) in [4.78, 5) is 50.4. The number of fused-ring (bicyclic) bond motifs is 2. The van der Waals surface area contributed by atoms with Gasteiger partial charge in [0, 0.05) is 34.0 Å². The largest absolute Gasteiger partial charge is 0.322 e. The van der Waals surface area contributed by atoms with Gasteiger partial charge in [-0.05, 0) is 30.2 Å². The smallest absolute Gasteiger partial charge is 0.258 e. The average molecular weight is 437 g/mol. The highest BCUT2D eigenvalue weighted by Crippen LogP contribution is 2.32. The maximum atomic E-state index is 14.8. The number of amides is 4. The topological polar surface area (TPSA) is 95.6 Å². The molecule has 1 atom stereocenters. The number of thiophene rings is 1. The molecule has 3 heterocycles. The normalized spacial score (nSPS) is 18.3. The highest BCUT2D eigenvalue weighted by molar-refractivity contribution is 7.17. The molecule has 1 aromatic heterocycles. The van der Waals surface area contributed by atoms with Crippen LogP contribution in [0.25, 0.3) is 10.1 Å². The van der Waals surface area contributed by atoms with Gasteiger partial charge in [0.25, 0.3) is 11.8 Å². The quantitative estimate of drug-likeness (QED) is 0.616. The molecule has 0 aliphatic carbocycles. The Kier molecular flexibility index (Phi) is 4.55. The number of hydrogen-bond donors (Lipinski definition) is 2. The number of benzene rings is 2. The van der Waals surface area contributed by atoms with Crippen LogP contribution in [0, 0.1) is 5.82 Å². The number of carbonyl (C=O) groups is 4. The predicted octanol–water partition coefficient (Wildman–Crippen LogP) is 3.05. The first-order chi connectivity index (χ1) is 14.9. The Hall–Kier alpha value is -3.59. The number of halogens is 1. The molecular formula is C22H16FN3O4S. The Balaban J connectivity index is 1.41. The van der Waals surface area contributed by atoms with Gasteiger partial charge in [0.1, 0.15) is 11.9 Å². The summed E-state index contributed by atoms with van der Waals surface area (Å²) in [7, 11) is 0. The van der Waals surface area contributed by atoms with Crippen molar-refractivity contribution in [2.45, 2.75) is 25.4 Å². The second-order valence-electron chi connectivity index (χ2n) is 7.49. The summed E-state index contributed by atoms with van der Waals surface area (Å²) in [6.07, 6.45) is 0.346. The number of anilines is 1. The first-order valence-electron chi connectivity index (χ1n) is 9.67. The summed E-state index contributed by atoms with van der Waals surface area (Å²) in [6, 6.07) is 9.17. The van der Waals surface area contributed by atoms with Crippen LogP contribution in [-0.2, 0) is 16.1 Å². The molecule has 7 nitrogen and oxygen atoms in total. The van der Waals surface area contributed by atoms with E-state index in [9.17, 15) is 23.6 Å². The summed E-state index contributed by atoms with van der Waals surface area (Å²) < 4.78 is 15.8. The van der Waals surface area contributed by atoms with E-state index < -0.39 is 29.6 Å². The van der Waals surface area contributed by atoms with Crippen molar-refractivity contribution < 1.29 is 23.6 Å². The standard InChI is InChI=1S/C22H16FN3O4S/c23-15-8-13-11(9-26(22(13)30)17-5-6-19(27)25-21(17)29)7-14(15)20(28)24-16-10-31-18-4-2-1-3-12(16)18/h1-4,7-8,10,17H,5-6,9H2,(H,24,28)(H,25,27,29). The van der Waals surface area contributed by atoms with Crippen LogP contribution in [0.15, 0.2) is 41.8 Å². The summed E-state index contributed by atoms with van der Waals surface area (Å²) >= 11 is 1.47. The third kappa shape index (κ3) is 3.27. The molecule has 2 aromatic carbocycles. The molecule has 1 fully saturated rings. The lowest BCUT2D eigenvalue weighted by Crippen LogP contribution is -2.52. The number of piperidine rings is 1. The van der Waals surface area contributed by atoms with Gasteiger partial charge in [-0.3, -0.25) is 24.5 Å². The lowest BCUT2D eigenvalue weighted by atomic mass is 10.0. The molecule has 0 spiro atoms. The Bertz CT molecular complexity index is 1280. The summed E-state index contributed by atoms with van der Waals surface area (Å²) in [5.41, 5.74) is 1.01. The molecule has 2 aliphatic heterocycles. The average Bonchev–Trinajstić information content (AvgIpc) is 3.29. The molecule has 31 heavy (non-hydrogen) atoms. The molecular weight excluding hydrogens is 421 g/mol. The SMILES string of the molecule is O=C1CCC(N2Cc3cc(C(=O)Nc4csc5ccccc45)c(F)cc3C2=O)C(=O)N1. The van der Waals surface area contributed by atoms with Crippen LogP contribution in [0.3, 0.4) is 0 Å². The molecule has 1 unspecified atom stereocenters. The van der Waals surface area contributed by atoms with Gasteiger partial charge in [0.15, 0.2) is 0 Å². The second kappa shape index (κ2) is 7.28. The molecule has 1 saturated heterocycles. The van der Waals surface area contributed by atoms with E-state index in [0.717, 1.165) is 16.2 Å². The van der Waals surface area contributed by atoms with Gasteiger partial charge in [-0.15, -0.1) is 11.3 Å². The van der Waals surface area contributed by atoms with Crippen molar-refractivity contribution in [2.24, 2.45) is 0 Å². The molecule has 0 radical (unpaired) electrons. The molecule has 156 valence electrons. The van der Waals surface area contributed by atoms with Crippen molar-refractivity contribution in [3.8, 4) is 0 Å². The van der Waals surface area contributed by atoms with Gasteiger partial charge in [0.05, 0.1) is 11.3 Å². The summed E-state index contributed by atoms with van der Waals surface area (Å²) in [5, 5.41) is 7.62. The molecule has 5 rings (SSSR count). The van der Waals surface area contributed by atoms with Crippen molar-refractivity contribution in [3.05, 3.63) is 64.3 Å². The number of imide groups is 1. The van der Waals surface area contributed by atoms with Gasteiger partial charge < -0.3 is 10.2 Å². The van der Waals surface area contributed by atoms with Crippen molar-refractivity contribution in [1.29, 1.82) is 0 Å². The zero-order chi connectivity index (χ0) is 21.7. The van der Waals surface area contributed by atoms with E-state index >= 15 is 0 Å². The number of carbonyl (C=O) groups excluding carboxylic acids is 4. The molecule has 4 amide bonds. The number of rotatable bonds is 3. The third-order valence-corrected chi connectivity index (χ3v) is 6.55. The van der Waals surface area contributed by atoms with E-state index in [1.807, 2.05) is 24.3 Å².